The van der Waals surface area contributed by atoms with Gasteiger partial charge in [0.2, 0.25) is 0 Å². The van der Waals surface area contributed by atoms with E-state index in [9.17, 15) is 18.0 Å². The lowest BCUT2D eigenvalue weighted by molar-refractivity contribution is -0.142. The standard InChI is InChI=1S/C18H20F3N7O/c1-11-12(2)24-17-22-10-23-28(17)16(11)26-7-5-13(6-8-26)9-27-15(29)4-3-14(25-27)18(19,20)21/h3-4,10,13H,5-9H2,1-2H3. The normalized spacial score (nSPS) is 16.0. The highest BCUT2D eigenvalue weighted by Gasteiger charge is 2.33. The molecule has 29 heavy (non-hydrogen) atoms. The van der Waals surface area contributed by atoms with E-state index in [1.807, 2.05) is 13.8 Å². The fraction of sp³-hybridized carbons (Fsp3) is 0.500. The quantitative estimate of drug-likeness (QED) is 0.662. The maximum absolute atomic E-state index is 12.9. The van der Waals surface area contributed by atoms with Crippen molar-refractivity contribution in [1.29, 1.82) is 0 Å². The number of fused-ring (bicyclic) bond motifs is 1. The molecule has 8 nitrogen and oxygen atoms in total. The minimum Gasteiger partial charge on any atom is -0.356 e. The average molecular weight is 407 g/mol. The van der Waals surface area contributed by atoms with Crippen LogP contribution in [-0.2, 0) is 12.7 Å². The molecule has 0 atom stereocenters. The maximum Gasteiger partial charge on any atom is 0.435 e. The Balaban J connectivity index is 1.51. The Labute approximate surface area is 164 Å². The predicted octanol–water partition coefficient (Wildman–Crippen LogP) is 2.23. The molecule has 3 aromatic heterocycles. The lowest BCUT2D eigenvalue weighted by atomic mass is 9.96. The van der Waals surface area contributed by atoms with Gasteiger partial charge in [-0.25, -0.2) is 9.67 Å². The molecule has 0 aliphatic carbocycles. The first-order chi connectivity index (χ1) is 13.7. The number of rotatable bonds is 3. The minimum absolute atomic E-state index is 0.0643. The maximum atomic E-state index is 12.9. The molecule has 1 fully saturated rings. The Kier molecular flexibility index (Phi) is 4.75. The summed E-state index contributed by atoms with van der Waals surface area (Å²) in [5.41, 5.74) is 0.316. The van der Waals surface area contributed by atoms with Gasteiger partial charge in [-0.15, -0.1) is 0 Å². The van der Waals surface area contributed by atoms with Gasteiger partial charge in [-0.3, -0.25) is 4.79 Å². The molecule has 4 heterocycles. The number of anilines is 1. The zero-order chi connectivity index (χ0) is 20.8. The van der Waals surface area contributed by atoms with E-state index in [-0.39, 0.29) is 12.5 Å². The molecular weight excluding hydrogens is 387 g/mol. The van der Waals surface area contributed by atoms with E-state index in [1.165, 1.54) is 6.33 Å². The van der Waals surface area contributed by atoms with E-state index in [4.69, 9.17) is 0 Å². The highest BCUT2D eigenvalue weighted by atomic mass is 19.4. The number of aromatic nitrogens is 6. The molecule has 1 aliphatic heterocycles. The zero-order valence-corrected chi connectivity index (χ0v) is 16.0. The molecule has 0 saturated carbocycles. The van der Waals surface area contributed by atoms with E-state index in [0.717, 1.165) is 46.7 Å². The number of nitrogens with zero attached hydrogens (tertiary/aromatic N) is 7. The largest absolute Gasteiger partial charge is 0.435 e. The van der Waals surface area contributed by atoms with Crippen LogP contribution in [0, 0.1) is 19.8 Å². The molecule has 0 spiro atoms. The SMILES string of the molecule is Cc1nc2ncnn2c(N2CCC(Cn3nc(C(F)(F)F)ccc3=O)CC2)c1C. The number of hydrogen-bond donors (Lipinski definition) is 0. The highest BCUT2D eigenvalue weighted by Crippen LogP contribution is 2.29. The fourth-order valence-corrected chi connectivity index (χ4v) is 3.69. The third-order valence-corrected chi connectivity index (χ3v) is 5.38. The molecule has 0 bridgehead atoms. The summed E-state index contributed by atoms with van der Waals surface area (Å²) in [6.45, 7) is 5.46. The van der Waals surface area contributed by atoms with Crippen molar-refractivity contribution in [3.63, 3.8) is 0 Å². The first-order valence-electron chi connectivity index (χ1n) is 9.31. The molecule has 3 aromatic rings. The Morgan fingerprint density at radius 1 is 1.17 bits per heavy atom. The van der Waals surface area contributed by atoms with Crippen LogP contribution in [-0.4, -0.2) is 42.5 Å². The molecule has 0 unspecified atom stereocenters. The van der Waals surface area contributed by atoms with Crippen LogP contribution in [0.2, 0.25) is 0 Å². The summed E-state index contributed by atoms with van der Waals surface area (Å²) in [4.78, 5) is 22.7. The molecule has 1 aliphatic rings. The summed E-state index contributed by atoms with van der Waals surface area (Å²) >= 11 is 0. The van der Waals surface area contributed by atoms with Crippen LogP contribution < -0.4 is 10.5 Å². The second-order valence-electron chi connectivity index (χ2n) is 7.28. The van der Waals surface area contributed by atoms with Gasteiger partial charge >= 0.3 is 6.18 Å². The van der Waals surface area contributed by atoms with Crippen LogP contribution >= 0.6 is 0 Å². The molecule has 4 rings (SSSR count). The van der Waals surface area contributed by atoms with Crippen LogP contribution in [0.25, 0.3) is 5.78 Å². The van der Waals surface area contributed by atoms with Crippen molar-refractivity contribution in [2.24, 2.45) is 5.92 Å². The van der Waals surface area contributed by atoms with Crippen molar-refractivity contribution in [3.05, 3.63) is 45.8 Å². The minimum atomic E-state index is -4.57. The Morgan fingerprint density at radius 2 is 1.90 bits per heavy atom. The van der Waals surface area contributed by atoms with Crippen LogP contribution in [0.1, 0.15) is 29.8 Å². The van der Waals surface area contributed by atoms with Crippen molar-refractivity contribution < 1.29 is 13.2 Å². The molecule has 0 amide bonds. The lowest BCUT2D eigenvalue weighted by Crippen LogP contribution is -2.38. The van der Waals surface area contributed by atoms with Gasteiger partial charge in [0.05, 0.1) is 0 Å². The summed E-state index contributed by atoms with van der Waals surface area (Å²) < 4.78 is 41.3. The zero-order valence-electron chi connectivity index (χ0n) is 16.0. The highest BCUT2D eigenvalue weighted by molar-refractivity contribution is 5.54. The molecular formula is C18H20F3N7O. The van der Waals surface area contributed by atoms with Gasteiger partial charge in [0.25, 0.3) is 11.3 Å². The van der Waals surface area contributed by atoms with Gasteiger partial charge in [0.15, 0.2) is 5.69 Å². The van der Waals surface area contributed by atoms with Crippen molar-refractivity contribution in [1.82, 2.24) is 29.4 Å². The molecule has 0 N–H and O–H groups in total. The van der Waals surface area contributed by atoms with Crippen molar-refractivity contribution in [2.45, 2.75) is 39.4 Å². The van der Waals surface area contributed by atoms with Crippen LogP contribution in [0.15, 0.2) is 23.3 Å². The van der Waals surface area contributed by atoms with Crippen LogP contribution in [0.4, 0.5) is 19.0 Å². The second-order valence-corrected chi connectivity index (χ2v) is 7.28. The third kappa shape index (κ3) is 3.68. The van der Waals surface area contributed by atoms with E-state index in [0.29, 0.717) is 18.9 Å². The monoisotopic (exact) mass is 407 g/mol. The number of piperidine rings is 1. The van der Waals surface area contributed by atoms with Crippen molar-refractivity contribution in [3.8, 4) is 0 Å². The number of alkyl halides is 3. The average Bonchev–Trinajstić information content (AvgIpc) is 3.12. The molecule has 1 saturated heterocycles. The van der Waals surface area contributed by atoms with Gasteiger partial charge in [0, 0.05) is 37.0 Å². The van der Waals surface area contributed by atoms with Gasteiger partial charge in [-0.2, -0.15) is 32.9 Å². The summed E-state index contributed by atoms with van der Waals surface area (Å²) in [5, 5.41) is 7.78. The van der Waals surface area contributed by atoms with Gasteiger partial charge < -0.3 is 4.90 Å². The number of aryl methyl sites for hydroxylation is 1. The van der Waals surface area contributed by atoms with Gasteiger partial charge in [-0.05, 0) is 38.7 Å². The Bertz CT molecular complexity index is 1100. The first-order valence-corrected chi connectivity index (χ1v) is 9.31. The van der Waals surface area contributed by atoms with Crippen LogP contribution in [0.5, 0.6) is 0 Å². The van der Waals surface area contributed by atoms with E-state index >= 15 is 0 Å². The smallest absolute Gasteiger partial charge is 0.356 e. The molecule has 154 valence electrons. The second kappa shape index (κ2) is 7.12. The summed E-state index contributed by atoms with van der Waals surface area (Å²) in [6.07, 6.45) is -1.66. The number of halogens is 3. The summed E-state index contributed by atoms with van der Waals surface area (Å²) in [6, 6.07) is 1.65. The van der Waals surface area contributed by atoms with Crippen molar-refractivity contribution in [2.75, 3.05) is 18.0 Å². The fourth-order valence-electron chi connectivity index (χ4n) is 3.69. The molecule has 11 heteroatoms. The molecule has 0 aromatic carbocycles. The summed E-state index contributed by atoms with van der Waals surface area (Å²) in [5.74, 6) is 1.53. The Morgan fingerprint density at radius 3 is 2.59 bits per heavy atom. The van der Waals surface area contributed by atoms with Gasteiger partial charge in [0.1, 0.15) is 12.1 Å². The first kappa shape index (κ1) is 19.3. The topological polar surface area (TPSA) is 81.2 Å². The summed E-state index contributed by atoms with van der Waals surface area (Å²) in [7, 11) is 0. The van der Waals surface area contributed by atoms with Crippen molar-refractivity contribution >= 4 is 11.6 Å². The van der Waals surface area contributed by atoms with E-state index in [2.05, 4.69) is 25.1 Å². The van der Waals surface area contributed by atoms with Gasteiger partial charge in [-0.1, -0.05) is 0 Å². The Hall–Kier alpha value is -2.98. The third-order valence-electron chi connectivity index (χ3n) is 5.38. The predicted molar refractivity (Wildman–Crippen MR) is 98.7 cm³/mol. The van der Waals surface area contributed by atoms with E-state index in [1.54, 1.807) is 4.52 Å². The van der Waals surface area contributed by atoms with E-state index < -0.39 is 17.4 Å². The number of hydrogen-bond acceptors (Lipinski definition) is 6. The lowest BCUT2D eigenvalue weighted by Gasteiger charge is -2.34. The van der Waals surface area contributed by atoms with Crippen LogP contribution in [0.3, 0.4) is 0 Å². The molecule has 0 radical (unpaired) electrons.